The molecule has 0 aliphatic rings. The number of hydrogen-bond donors (Lipinski definition) is 0. The Morgan fingerprint density at radius 1 is 1.27 bits per heavy atom. The van der Waals surface area contributed by atoms with Crippen LogP contribution in [0.1, 0.15) is 40.5 Å². The molecule has 0 bridgehead atoms. The van der Waals surface area contributed by atoms with E-state index in [1.54, 1.807) is 0 Å². The summed E-state index contributed by atoms with van der Waals surface area (Å²) in [5.41, 5.74) is 1.31. The summed E-state index contributed by atoms with van der Waals surface area (Å²) in [7, 11) is 0. The summed E-state index contributed by atoms with van der Waals surface area (Å²) in [6.07, 6.45) is 7.24. The van der Waals surface area contributed by atoms with Crippen molar-refractivity contribution in [3.63, 3.8) is 0 Å². The highest BCUT2D eigenvalue weighted by Gasteiger charge is 2.00. The summed E-state index contributed by atoms with van der Waals surface area (Å²) in [6.45, 7) is 8.65. The van der Waals surface area contributed by atoms with Crippen LogP contribution in [-0.4, -0.2) is 12.6 Å². The average Bonchev–Trinajstić information content (AvgIpc) is 2.21. The first-order valence-electron chi connectivity index (χ1n) is 5.48. The fourth-order valence-electron chi connectivity index (χ4n) is 0.885. The minimum atomic E-state index is -0.141. The van der Waals surface area contributed by atoms with Crippen LogP contribution in [0, 0.1) is 5.92 Å². The van der Waals surface area contributed by atoms with E-state index in [1.807, 2.05) is 32.9 Å². The second-order valence-electron chi connectivity index (χ2n) is 4.09. The van der Waals surface area contributed by atoms with Crippen molar-refractivity contribution in [3.8, 4) is 0 Å². The average molecular weight is 210 g/mol. The predicted molar refractivity (Wildman–Crippen MR) is 63.6 cm³/mol. The Kier molecular flexibility index (Phi) is 7.69. The summed E-state index contributed by atoms with van der Waals surface area (Å²) < 4.78 is 5.03. The van der Waals surface area contributed by atoms with Crippen molar-refractivity contribution in [2.75, 3.05) is 6.61 Å². The molecule has 0 aromatic rings. The van der Waals surface area contributed by atoms with E-state index in [-0.39, 0.29) is 5.97 Å². The van der Waals surface area contributed by atoms with E-state index in [0.29, 0.717) is 18.9 Å². The number of rotatable bonds is 6. The molecule has 0 amide bonds. The van der Waals surface area contributed by atoms with E-state index in [9.17, 15) is 4.79 Å². The van der Waals surface area contributed by atoms with Gasteiger partial charge >= 0.3 is 5.97 Å². The van der Waals surface area contributed by atoms with Crippen LogP contribution in [-0.2, 0) is 9.53 Å². The van der Waals surface area contributed by atoms with Gasteiger partial charge in [0, 0.05) is 0 Å². The van der Waals surface area contributed by atoms with E-state index in [2.05, 4.69) is 13.0 Å². The molecule has 0 rings (SSSR count). The molecule has 0 saturated carbocycles. The van der Waals surface area contributed by atoms with Gasteiger partial charge in [0.15, 0.2) is 0 Å². The molecule has 0 aromatic heterocycles. The molecule has 0 radical (unpaired) electrons. The van der Waals surface area contributed by atoms with Gasteiger partial charge in [0.25, 0.3) is 0 Å². The first kappa shape index (κ1) is 13.9. The monoisotopic (exact) mass is 210 g/mol. The molecule has 0 aromatic carbocycles. The van der Waals surface area contributed by atoms with Crippen molar-refractivity contribution in [2.24, 2.45) is 5.92 Å². The van der Waals surface area contributed by atoms with Crippen LogP contribution < -0.4 is 0 Å². The first-order valence-corrected chi connectivity index (χ1v) is 5.48. The Balaban J connectivity index is 3.62. The minimum Gasteiger partial charge on any atom is -0.465 e. The molecule has 0 unspecified atom stereocenters. The summed E-state index contributed by atoms with van der Waals surface area (Å²) >= 11 is 0. The number of ether oxygens (including phenoxy) is 1. The van der Waals surface area contributed by atoms with Crippen molar-refractivity contribution < 1.29 is 9.53 Å². The predicted octanol–water partition coefficient (Wildman–Crippen LogP) is 3.49. The highest BCUT2D eigenvalue weighted by molar-refractivity contribution is 5.71. The third-order valence-electron chi connectivity index (χ3n) is 1.96. The first-order chi connectivity index (χ1) is 7.06. The fourth-order valence-corrected chi connectivity index (χ4v) is 0.885. The minimum absolute atomic E-state index is 0.141. The lowest BCUT2D eigenvalue weighted by molar-refractivity contribution is -0.143. The van der Waals surface area contributed by atoms with Crippen molar-refractivity contribution in [3.05, 3.63) is 23.8 Å². The lowest BCUT2D eigenvalue weighted by Gasteiger charge is -2.04. The summed E-state index contributed by atoms with van der Waals surface area (Å²) in [5.74, 6) is 0.265. The third-order valence-corrected chi connectivity index (χ3v) is 1.96. The second kappa shape index (κ2) is 8.27. The molecular weight excluding hydrogens is 188 g/mol. The van der Waals surface area contributed by atoms with Gasteiger partial charge in [-0.15, -0.1) is 0 Å². The largest absolute Gasteiger partial charge is 0.465 e. The molecule has 0 spiro atoms. The maximum atomic E-state index is 11.2. The topological polar surface area (TPSA) is 26.3 Å². The van der Waals surface area contributed by atoms with Gasteiger partial charge in [-0.2, -0.15) is 0 Å². The number of allylic oxidation sites excluding steroid dienone is 3. The number of hydrogen-bond acceptors (Lipinski definition) is 2. The molecular formula is C13H22O2. The Morgan fingerprint density at radius 3 is 2.40 bits per heavy atom. The van der Waals surface area contributed by atoms with Crippen LogP contribution in [0.3, 0.4) is 0 Å². The molecule has 0 N–H and O–H groups in total. The second-order valence-corrected chi connectivity index (χ2v) is 4.09. The lowest BCUT2D eigenvalue weighted by Crippen LogP contribution is -2.08. The van der Waals surface area contributed by atoms with Crippen LogP contribution in [0.2, 0.25) is 0 Å². The number of esters is 1. The normalized spacial score (nSPS) is 12.5. The highest BCUT2D eigenvalue weighted by atomic mass is 16.5. The maximum Gasteiger partial charge on any atom is 0.309 e. The zero-order valence-corrected chi connectivity index (χ0v) is 10.2. The number of carbonyl (C=O) groups excluding carboxylic acids is 1. The van der Waals surface area contributed by atoms with Crippen LogP contribution in [0.25, 0.3) is 0 Å². The fraction of sp³-hybridized carbons (Fsp3) is 0.615. The van der Waals surface area contributed by atoms with Gasteiger partial charge in [-0.1, -0.05) is 37.6 Å². The van der Waals surface area contributed by atoms with Gasteiger partial charge in [0.05, 0.1) is 13.0 Å². The molecule has 0 atom stereocenters. The zero-order chi connectivity index (χ0) is 11.7. The quantitative estimate of drug-likeness (QED) is 0.495. The standard InChI is InChI=1S/C13H22O2/c1-5-12(4)8-6-7-9-13(14)15-10-11(2)3/h5-7,11H,8-10H2,1-4H3/b7-6+,12-5-. The van der Waals surface area contributed by atoms with Gasteiger partial charge < -0.3 is 4.74 Å². The Labute approximate surface area is 93.0 Å². The van der Waals surface area contributed by atoms with Gasteiger partial charge in [-0.25, -0.2) is 0 Å². The van der Waals surface area contributed by atoms with E-state index in [0.717, 1.165) is 6.42 Å². The zero-order valence-electron chi connectivity index (χ0n) is 10.2. The van der Waals surface area contributed by atoms with E-state index >= 15 is 0 Å². The SMILES string of the molecule is C/C=C(/C)C/C=C/CC(=O)OCC(C)C. The Bertz CT molecular complexity index is 237. The van der Waals surface area contributed by atoms with E-state index in [1.165, 1.54) is 5.57 Å². The molecule has 2 nitrogen and oxygen atoms in total. The lowest BCUT2D eigenvalue weighted by atomic mass is 10.2. The summed E-state index contributed by atoms with van der Waals surface area (Å²) in [4.78, 5) is 11.2. The van der Waals surface area contributed by atoms with E-state index in [4.69, 9.17) is 4.74 Å². The van der Waals surface area contributed by atoms with Crippen molar-refractivity contribution in [2.45, 2.75) is 40.5 Å². The molecule has 2 heteroatoms. The molecule has 0 heterocycles. The van der Waals surface area contributed by atoms with Crippen LogP contribution >= 0.6 is 0 Å². The maximum absolute atomic E-state index is 11.2. The molecule has 15 heavy (non-hydrogen) atoms. The van der Waals surface area contributed by atoms with Crippen LogP contribution in [0.15, 0.2) is 23.8 Å². The van der Waals surface area contributed by atoms with Crippen molar-refractivity contribution >= 4 is 5.97 Å². The molecule has 0 fully saturated rings. The Hall–Kier alpha value is -1.05. The van der Waals surface area contributed by atoms with Crippen LogP contribution in [0.5, 0.6) is 0 Å². The number of carbonyl (C=O) groups is 1. The summed E-state index contributed by atoms with van der Waals surface area (Å²) in [5, 5.41) is 0. The molecule has 0 aliphatic carbocycles. The smallest absolute Gasteiger partial charge is 0.309 e. The Morgan fingerprint density at radius 2 is 1.87 bits per heavy atom. The molecule has 0 aliphatic heterocycles. The van der Waals surface area contributed by atoms with Gasteiger partial charge in [-0.3, -0.25) is 4.79 Å². The van der Waals surface area contributed by atoms with Crippen molar-refractivity contribution in [1.29, 1.82) is 0 Å². The van der Waals surface area contributed by atoms with Crippen molar-refractivity contribution in [1.82, 2.24) is 0 Å². The van der Waals surface area contributed by atoms with Crippen LogP contribution in [0.4, 0.5) is 0 Å². The van der Waals surface area contributed by atoms with Gasteiger partial charge in [-0.05, 0) is 26.2 Å². The van der Waals surface area contributed by atoms with E-state index < -0.39 is 0 Å². The third kappa shape index (κ3) is 9.26. The van der Waals surface area contributed by atoms with Gasteiger partial charge in [0.2, 0.25) is 0 Å². The molecule has 0 saturated heterocycles. The van der Waals surface area contributed by atoms with Gasteiger partial charge in [0.1, 0.15) is 0 Å². The molecule has 86 valence electrons. The summed E-state index contributed by atoms with van der Waals surface area (Å²) in [6, 6.07) is 0. The highest BCUT2D eigenvalue weighted by Crippen LogP contribution is 2.01.